The molecule has 1 atom stereocenters. The molecule has 0 saturated carbocycles. The average Bonchev–Trinajstić information content (AvgIpc) is 2.81. The van der Waals surface area contributed by atoms with Gasteiger partial charge in [0.25, 0.3) is 0 Å². The van der Waals surface area contributed by atoms with Crippen LogP contribution in [0.25, 0.3) is 11.1 Å². The van der Waals surface area contributed by atoms with Crippen molar-refractivity contribution in [2.75, 3.05) is 6.61 Å². The zero-order valence-electron chi connectivity index (χ0n) is 20.8. The molecule has 0 spiro atoms. The number of nitrogens with one attached hydrogen (secondary N) is 1. The van der Waals surface area contributed by atoms with Gasteiger partial charge in [0.2, 0.25) is 0 Å². The molecule has 3 aromatic carbocycles. The fourth-order valence-electron chi connectivity index (χ4n) is 3.83. The molecule has 2 N–H and O–H groups in total. The van der Waals surface area contributed by atoms with Crippen LogP contribution in [0.3, 0.4) is 0 Å². The van der Waals surface area contributed by atoms with Gasteiger partial charge in [0, 0.05) is 11.1 Å². The van der Waals surface area contributed by atoms with E-state index in [1.807, 2.05) is 63.2 Å². The molecule has 3 aromatic rings. The van der Waals surface area contributed by atoms with Gasteiger partial charge in [0.15, 0.2) is 0 Å². The summed E-state index contributed by atoms with van der Waals surface area (Å²) in [7, 11) is 0. The van der Waals surface area contributed by atoms with Gasteiger partial charge < -0.3 is 19.9 Å². The smallest absolute Gasteiger partial charge is 0.408 e. The lowest BCUT2D eigenvalue weighted by Gasteiger charge is -2.24. The summed E-state index contributed by atoms with van der Waals surface area (Å²) in [5.41, 5.74) is 4.57. The highest BCUT2D eigenvalue weighted by atomic mass is 79.9. The van der Waals surface area contributed by atoms with E-state index >= 15 is 0 Å². The predicted molar refractivity (Wildman–Crippen MR) is 144 cm³/mol. The highest BCUT2D eigenvalue weighted by molar-refractivity contribution is 9.10. The third-order valence-corrected chi connectivity index (χ3v) is 5.89. The van der Waals surface area contributed by atoms with Gasteiger partial charge in [-0.05, 0) is 91.8 Å². The molecule has 0 aliphatic heterocycles. The molecule has 0 aliphatic carbocycles. The highest BCUT2D eigenvalue weighted by Gasteiger charge is 2.20. The van der Waals surface area contributed by atoms with Crippen molar-refractivity contribution >= 4 is 22.0 Å². The molecule has 6 heteroatoms. The Labute approximate surface area is 216 Å². The SMILES string of the molecule is CCc1ccccc1OCc1cc(Br)cc(-c2cccc(C(CCO)NC(=O)OC(C)(C)C)c2)c1. The number of hydrogen-bond donors (Lipinski definition) is 2. The molecule has 5 nitrogen and oxygen atoms in total. The number of ether oxygens (including phenoxy) is 2. The number of aliphatic hydroxyl groups is 1. The first-order valence-corrected chi connectivity index (χ1v) is 12.7. The summed E-state index contributed by atoms with van der Waals surface area (Å²) in [5, 5.41) is 12.5. The maximum Gasteiger partial charge on any atom is 0.408 e. The van der Waals surface area contributed by atoms with Gasteiger partial charge in [0.1, 0.15) is 18.0 Å². The summed E-state index contributed by atoms with van der Waals surface area (Å²) in [6, 6.07) is 21.9. The van der Waals surface area contributed by atoms with Crippen molar-refractivity contribution in [3.63, 3.8) is 0 Å². The van der Waals surface area contributed by atoms with Crippen LogP contribution in [-0.2, 0) is 17.8 Å². The zero-order valence-corrected chi connectivity index (χ0v) is 22.4. The number of para-hydroxylation sites is 1. The van der Waals surface area contributed by atoms with Crippen LogP contribution in [0.4, 0.5) is 4.79 Å². The summed E-state index contributed by atoms with van der Waals surface area (Å²) in [6.45, 7) is 7.99. The first-order valence-electron chi connectivity index (χ1n) is 11.9. The minimum absolute atomic E-state index is 0.0533. The summed E-state index contributed by atoms with van der Waals surface area (Å²) in [5.74, 6) is 0.901. The van der Waals surface area contributed by atoms with Gasteiger partial charge in [-0.25, -0.2) is 4.79 Å². The van der Waals surface area contributed by atoms with Gasteiger partial charge in [0.05, 0.1) is 6.04 Å². The largest absolute Gasteiger partial charge is 0.489 e. The van der Waals surface area contributed by atoms with Crippen molar-refractivity contribution in [3.05, 3.63) is 87.9 Å². The number of aliphatic hydroxyl groups excluding tert-OH is 1. The molecule has 1 amide bonds. The summed E-state index contributed by atoms with van der Waals surface area (Å²) in [4.78, 5) is 12.4. The fraction of sp³-hybridized carbons (Fsp3) is 0.345. The molecule has 0 fully saturated rings. The topological polar surface area (TPSA) is 67.8 Å². The van der Waals surface area contributed by atoms with E-state index in [0.717, 1.165) is 38.9 Å². The third-order valence-electron chi connectivity index (χ3n) is 5.44. The van der Waals surface area contributed by atoms with Crippen LogP contribution >= 0.6 is 15.9 Å². The second-order valence-corrected chi connectivity index (χ2v) is 10.4. The molecule has 0 aromatic heterocycles. The lowest BCUT2D eigenvalue weighted by Crippen LogP contribution is -2.35. The van der Waals surface area contributed by atoms with Crippen molar-refractivity contribution < 1.29 is 19.4 Å². The number of amides is 1. The Bertz CT molecular complexity index is 1140. The minimum Gasteiger partial charge on any atom is -0.489 e. The lowest BCUT2D eigenvalue weighted by atomic mass is 9.97. The third kappa shape index (κ3) is 8.11. The number of alkyl carbamates (subject to hydrolysis) is 1. The van der Waals surface area contributed by atoms with E-state index in [-0.39, 0.29) is 12.6 Å². The van der Waals surface area contributed by atoms with E-state index in [4.69, 9.17) is 9.47 Å². The van der Waals surface area contributed by atoms with Crippen LogP contribution in [0.2, 0.25) is 0 Å². The minimum atomic E-state index is -0.595. The van der Waals surface area contributed by atoms with Crippen molar-refractivity contribution in [3.8, 4) is 16.9 Å². The highest BCUT2D eigenvalue weighted by Crippen LogP contribution is 2.29. The van der Waals surface area contributed by atoms with Gasteiger partial charge in [-0.1, -0.05) is 59.3 Å². The average molecular weight is 540 g/mol. The molecule has 0 radical (unpaired) electrons. The lowest BCUT2D eigenvalue weighted by molar-refractivity contribution is 0.0496. The normalized spacial score (nSPS) is 12.2. The summed E-state index contributed by atoms with van der Waals surface area (Å²) < 4.78 is 12.5. The number of carbonyl (C=O) groups is 1. The van der Waals surface area contributed by atoms with Crippen LogP contribution in [-0.4, -0.2) is 23.4 Å². The zero-order chi connectivity index (χ0) is 25.4. The Morgan fingerprint density at radius 1 is 1.03 bits per heavy atom. The van der Waals surface area contributed by atoms with Crippen molar-refractivity contribution in [1.29, 1.82) is 0 Å². The Morgan fingerprint density at radius 3 is 2.51 bits per heavy atom. The van der Waals surface area contributed by atoms with Crippen LogP contribution < -0.4 is 10.1 Å². The number of benzene rings is 3. The van der Waals surface area contributed by atoms with Crippen LogP contribution in [0, 0.1) is 0 Å². The van der Waals surface area contributed by atoms with Crippen molar-refractivity contribution in [2.45, 2.75) is 58.8 Å². The van der Waals surface area contributed by atoms with Gasteiger partial charge in [-0.3, -0.25) is 0 Å². The fourth-order valence-corrected chi connectivity index (χ4v) is 4.37. The first-order chi connectivity index (χ1) is 16.7. The molecular formula is C29H34BrNO4. The van der Waals surface area contributed by atoms with E-state index < -0.39 is 11.7 Å². The van der Waals surface area contributed by atoms with Crippen LogP contribution in [0.5, 0.6) is 5.75 Å². The standard InChI is InChI=1S/C29H34BrNO4/c1-5-21-9-6-7-12-27(21)34-19-20-15-24(18-25(30)16-20)22-10-8-11-23(17-22)26(13-14-32)31-28(33)35-29(2,3)4/h6-12,15-18,26,32H,5,13-14,19H2,1-4H3,(H,31,33). The molecule has 0 heterocycles. The van der Waals surface area contributed by atoms with Gasteiger partial charge in [-0.2, -0.15) is 0 Å². The second kappa shape index (κ2) is 12.2. The molecule has 0 aliphatic rings. The monoisotopic (exact) mass is 539 g/mol. The molecule has 3 rings (SSSR count). The maximum atomic E-state index is 12.4. The Kier molecular flexibility index (Phi) is 9.35. The van der Waals surface area contributed by atoms with Gasteiger partial charge >= 0.3 is 6.09 Å². The van der Waals surface area contributed by atoms with Crippen LogP contribution in [0.1, 0.15) is 56.8 Å². The van der Waals surface area contributed by atoms with Gasteiger partial charge in [-0.15, -0.1) is 0 Å². The van der Waals surface area contributed by atoms with E-state index in [2.05, 4.69) is 52.4 Å². The number of halogens is 1. The first kappa shape index (κ1) is 26.8. The second-order valence-electron chi connectivity index (χ2n) is 9.43. The summed E-state index contributed by atoms with van der Waals surface area (Å²) >= 11 is 3.64. The molecular weight excluding hydrogens is 506 g/mol. The molecule has 186 valence electrons. The number of hydrogen-bond acceptors (Lipinski definition) is 4. The Morgan fingerprint density at radius 2 is 1.80 bits per heavy atom. The van der Waals surface area contributed by atoms with E-state index in [1.54, 1.807) is 0 Å². The van der Waals surface area contributed by atoms with E-state index in [9.17, 15) is 9.90 Å². The predicted octanol–water partition coefficient (Wildman–Crippen LogP) is 7.21. The molecule has 0 saturated heterocycles. The quantitative estimate of drug-likeness (QED) is 0.301. The Hall–Kier alpha value is -2.83. The van der Waals surface area contributed by atoms with E-state index in [0.29, 0.717) is 13.0 Å². The molecule has 0 bridgehead atoms. The molecule has 35 heavy (non-hydrogen) atoms. The number of carbonyl (C=O) groups excluding carboxylic acids is 1. The van der Waals surface area contributed by atoms with Crippen LogP contribution in [0.15, 0.2) is 71.2 Å². The number of rotatable bonds is 9. The maximum absolute atomic E-state index is 12.4. The molecule has 1 unspecified atom stereocenters. The van der Waals surface area contributed by atoms with E-state index in [1.165, 1.54) is 5.56 Å². The number of aryl methyl sites for hydroxylation is 1. The van der Waals surface area contributed by atoms with Crippen molar-refractivity contribution in [2.24, 2.45) is 0 Å². The summed E-state index contributed by atoms with van der Waals surface area (Å²) in [6.07, 6.45) is 0.798. The van der Waals surface area contributed by atoms with Crippen molar-refractivity contribution in [1.82, 2.24) is 5.32 Å². The Balaban J connectivity index is 1.82.